The van der Waals surface area contributed by atoms with E-state index < -0.39 is 5.97 Å². The fourth-order valence-electron chi connectivity index (χ4n) is 2.57. The van der Waals surface area contributed by atoms with Crippen molar-refractivity contribution in [1.82, 2.24) is 9.38 Å². The number of esters is 1. The molecule has 1 aromatic carbocycles. The summed E-state index contributed by atoms with van der Waals surface area (Å²) in [5.41, 5.74) is 0.786. The first kappa shape index (κ1) is 20.7. The molecule has 0 N–H and O–H groups in total. The van der Waals surface area contributed by atoms with Gasteiger partial charge in [-0.25, -0.2) is 14.2 Å². The number of carbonyl (C=O) groups excluding carboxylic acids is 1. The van der Waals surface area contributed by atoms with Crippen LogP contribution in [0.1, 0.15) is 36.5 Å². The van der Waals surface area contributed by atoms with Crippen LogP contribution in [-0.2, 0) is 16.1 Å². The van der Waals surface area contributed by atoms with E-state index in [9.17, 15) is 14.0 Å². The molecule has 0 spiro atoms. The van der Waals surface area contributed by atoms with Crippen molar-refractivity contribution in [3.8, 4) is 5.75 Å². The van der Waals surface area contributed by atoms with Gasteiger partial charge in [-0.3, -0.25) is 9.20 Å². The van der Waals surface area contributed by atoms with E-state index in [0.717, 1.165) is 11.3 Å². The molecule has 0 saturated carbocycles. The van der Waals surface area contributed by atoms with Crippen molar-refractivity contribution in [2.45, 2.75) is 39.9 Å². The number of hydrogen-bond donors (Lipinski definition) is 0. The second-order valence-electron chi connectivity index (χ2n) is 6.48. The van der Waals surface area contributed by atoms with E-state index in [1.165, 1.54) is 52.1 Å². The molecule has 0 aliphatic heterocycles. The van der Waals surface area contributed by atoms with Gasteiger partial charge < -0.3 is 9.47 Å². The van der Waals surface area contributed by atoms with Crippen LogP contribution in [0.15, 0.2) is 41.2 Å². The van der Waals surface area contributed by atoms with Gasteiger partial charge in [-0.2, -0.15) is 0 Å². The third-order valence-corrected chi connectivity index (χ3v) is 5.23. The van der Waals surface area contributed by atoms with Crippen molar-refractivity contribution in [2.75, 3.05) is 0 Å². The topological polar surface area (TPSA) is 69.9 Å². The summed E-state index contributed by atoms with van der Waals surface area (Å²) in [5, 5.41) is 0. The molecule has 0 amide bonds. The number of ether oxygens (including phenoxy) is 2. The minimum Gasteiger partial charge on any atom is -0.487 e. The zero-order valence-corrected chi connectivity index (χ0v) is 17.2. The Morgan fingerprint density at radius 2 is 2.07 bits per heavy atom. The Morgan fingerprint density at radius 1 is 1.34 bits per heavy atom. The second kappa shape index (κ2) is 9.00. The Balaban J connectivity index is 1.81. The number of aromatic nitrogens is 2. The van der Waals surface area contributed by atoms with Gasteiger partial charge in [-0.15, -0.1) is 11.3 Å². The molecule has 0 radical (unpaired) electrons. The predicted molar refractivity (Wildman–Crippen MR) is 110 cm³/mol. The van der Waals surface area contributed by atoms with E-state index in [1.54, 1.807) is 6.08 Å². The van der Waals surface area contributed by atoms with Gasteiger partial charge in [0.05, 0.1) is 17.5 Å². The number of benzene rings is 1. The maximum absolute atomic E-state index is 13.0. The molecule has 6 nitrogen and oxygen atoms in total. The van der Waals surface area contributed by atoms with Crippen molar-refractivity contribution >= 4 is 28.3 Å². The van der Waals surface area contributed by atoms with E-state index in [2.05, 4.69) is 4.98 Å². The van der Waals surface area contributed by atoms with E-state index >= 15 is 0 Å². The molecule has 1 atom stereocenters. The van der Waals surface area contributed by atoms with Gasteiger partial charge in [-0.1, -0.05) is 6.92 Å². The van der Waals surface area contributed by atoms with Crippen LogP contribution in [0.4, 0.5) is 4.39 Å². The molecule has 2 heterocycles. The Kier molecular flexibility index (Phi) is 6.43. The number of halogens is 1. The van der Waals surface area contributed by atoms with Gasteiger partial charge in [0.1, 0.15) is 18.2 Å². The second-order valence-corrected chi connectivity index (χ2v) is 7.66. The van der Waals surface area contributed by atoms with Crippen LogP contribution >= 0.6 is 11.3 Å². The summed E-state index contributed by atoms with van der Waals surface area (Å²) >= 11 is 1.34. The highest BCUT2D eigenvalue weighted by Crippen LogP contribution is 2.21. The zero-order chi connectivity index (χ0) is 21.0. The molecule has 2 aromatic heterocycles. The number of carbonyl (C=O) groups is 1. The Labute approximate surface area is 171 Å². The monoisotopic (exact) mass is 416 g/mol. The van der Waals surface area contributed by atoms with E-state index in [1.807, 2.05) is 20.8 Å². The smallest absolute Gasteiger partial charge is 0.331 e. The molecule has 0 saturated heterocycles. The van der Waals surface area contributed by atoms with Crippen LogP contribution in [-0.4, -0.2) is 21.5 Å². The van der Waals surface area contributed by atoms with Gasteiger partial charge in [0.25, 0.3) is 5.56 Å². The number of hydrogen-bond acceptors (Lipinski definition) is 6. The maximum atomic E-state index is 13.0. The highest BCUT2D eigenvalue weighted by molar-refractivity contribution is 7.17. The van der Waals surface area contributed by atoms with Crippen molar-refractivity contribution in [1.29, 1.82) is 0 Å². The van der Waals surface area contributed by atoms with Crippen molar-refractivity contribution in [3.05, 3.63) is 68.8 Å². The molecule has 0 fully saturated rings. The summed E-state index contributed by atoms with van der Waals surface area (Å²) in [6.45, 7) is 5.69. The zero-order valence-electron chi connectivity index (χ0n) is 16.3. The SMILES string of the molecule is CCC(C)OC(=O)/C=C/c1c(C)sc2nc(COc3ccc(F)cc3)cc(=O)n12. The summed E-state index contributed by atoms with van der Waals surface area (Å²) in [4.78, 5) is 30.3. The lowest BCUT2D eigenvalue weighted by Crippen LogP contribution is -2.16. The van der Waals surface area contributed by atoms with Crippen LogP contribution < -0.4 is 10.3 Å². The molecule has 0 aliphatic rings. The standard InChI is InChI=1S/C21H21FN2O4S/c1-4-13(2)28-20(26)10-9-18-14(3)29-21-23-16(11-19(25)24(18)21)12-27-17-7-5-15(22)6-8-17/h5-11,13H,4,12H2,1-3H3/b10-9+. The average molecular weight is 416 g/mol. The predicted octanol–water partition coefficient (Wildman–Crippen LogP) is 4.14. The largest absolute Gasteiger partial charge is 0.487 e. The van der Waals surface area contributed by atoms with Gasteiger partial charge in [0, 0.05) is 17.0 Å². The molecule has 3 aromatic rings. The minimum absolute atomic E-state index is 0.0841. The molecule has 1 unspecified atom stereocenters. The Hall–Kier alpha value is -3.00. The molecule has 0 bridgehead atoms. The van der Waals surface area contributed by atoms with Gasteiger partial charge in [0.15, 0.2) is 4.96 Å². The molecule has 8 heteroatoms. The van der Waals surface area contributed by atoms with Crippen LogP contribution in [0.5, 0.6) is 5.75 Å². The van der Waals surface area contributed by atoms with E-state index in [0.29, 0.717) is 22.1 Å². The third-order valence-electron chi connectivity index (χ3n) is 4.26. The lowest BCUT2D eigenvalue weighted by atomic mass is 10.3. The fourth-order valence-corrected chi connectivity index (χ4v) is 3.55. The minimum atomic E-state index is -0.455. The van der Waals surface area contributed by atoms with Crippen molar-refractivity contribution < 1.29 is 18.7 Å². The van der Waals surface area contributed by atoms with E-state index in [-0.39, 0.29) is 24.1 Å². The van der Waals surface area contributed by atoms with Gasteiger partial charge in [0.2, 0.25) is 0 Å². The molecule has 3 rings (SSSR count). The van der Waals surface area contributed by atoms with Crippen molar-refractivity contribution in [3.63, 3.8) is 0 Å². The van der Waals surface area contributed by atoms with Crippen molar-refractivity contribution in [2.24, 2.45) is 0 Å². The first-order chi connectivity index (χ1) is 13.9. The summed E-state index contributed by atoms with van der Waals surface area (Å²) in [7, 11) is 0. The van der Waals surface area contributed by atoms with E-state index in [4.69, 9.17) is 9.47 Å². The molecular weight excluding hydrogens is 395 g/mol. The third kappa shape index (κ3) is 5.08. The Bertz CT molecular complexity index is 1100. The number of fused-ring (bicyclic) bond motifs is 1. The highest BCUT2D eigenvalue weighted by Gasteiger charge is 2.13. The van der Waals surface area contributed by atoms with Crippen LogP contribution in [0.2, 0.25) is 0 Å². The number of nitrogens with zero attached hydrogens (tertiary/aromatic N) is 2. The first-order valence-corrected chi connectivity index (χ1v) is 9.98. The summed E-state index contributed by atoms with van der Waals surface area (Å²) in [6, 6.07) is 7.01. The van der Waals surface area contributed by atoms with Crippen LogP contribution in [0.3, 0.4) is 0 Å². The summed E-state index contributed by atoms with van der Waals surface area (Å²) in [6.07, 6.45) is 3.45. The van der Waals surface area contributed by atoms with Gasteiger partial charge >= 0.3 is 5.97 Å². The molecule has 152 valence electrons. The fraction of sp³-hybridized carbons (Fsp3) is 0.286. The molecular formula is C21H21FN2O4S. The Morgan fingerprint density at radius 3 is 2.76 bits per heavy atom. The highest BCUT2D eigenvalue weighted by atomic mass is 32.1. The maximum Gasteiger partial charge on any atom is 0.331 e. The summed E-state index contributed by atoms with van der Waals surface area (Å²) < 4.78 is 25.2. The normalized spacial score (nSPS) is 12.4. The quantitative estimate of drug-likeness (QED) is 0.428. The first-order valence-electron chi connectivity index (χ1n) is 9.16. The molecule has 29 heavy (non-hydrogen) atoms. The number of rotatable bonds is 7. The average Bonchev–Trinajstić information content (AvgIpc) is 3.01. The van der Waals surface area contributed by atoms with Crippen LogP contribution in [0.25, 0.3) is 11.0 Å². The van der Waals surface area contributed by atoms with Crippen LogP contribution in [0, 0.1) is 12.7 Å². The number of thiazole rings is 1. The lowest BCUT2D eigenvalue weighted by molar-refractivity contribution is -0.142. The number of aryl methyl sites for hydroxylation is 1. The lowest BCUT2D eigenvalue weighted by Gasteiger charge is -2.08. The molecule has 0 aliphatic carbocycles. The summed E-state index contributed by atoms with van der Waals surface area (Å²) in [5.74, 6) is -0.319. The van der Waals surface area contributed by atoms with Gasteiger partial charge in [-0.05, 0) is 50.6 Å².